The molecule has 26 heavy (non-hydrogen) atoms. The van der Waals surface area contributed by atoms with Gasteiger partial charge in [0.05, 0.1) is 12.3 Å². The van der Waals surface area contributed by atoms with Crippen molar-refractivity contribution in [1.82, 2.24) is 15.1 Å². The third-order valence-electron chi connectivity index (χ3n) is 5.44. The van der Waals surface area contributed by atoms with Gasteiger partial charge in [0.25, 0.3) is 0 Å². The second-order valence-electron chi connectivity index (χ2n) is 7.34. The zero-order valence-corrected chi connectivity index (χ0v) is 15.0. The van der Waals surface area contributed by atoms with Crippen molar-refractivity contribution in [2.75, 3.05) is 38.2 Å². The van der Waals surface area contributed by atoms with Crippen molar-refractivity contribution in [3.05, 3.63) is 36.5 Å². The van der Waals surface area contributed by atoms with E-state index in [0.717, 1.165) is 62.6 Å². The number of carbonyl (C=O) groups excluding carboxylic acids is 1. The summed E-state index contributed by atoms with van der Waals surface area (Å²) >= 11 is 0. The number of nitrogens with one attached hydrogen (secondary N) is 2. The average Bonchev–Trinajstić information content (AvgIpc) is 3.37. The molecule has 2 N–H and O–H groups in total. The molecule has 0 saturated carbocycles. The monoisotopic (exact) mass is 354 g/mol. The van der Waals surface area contributed by atoms with Gasteiger partial charge < -0.3 is 15.0 Å². The number of rotatable bonds is 5. The van der Waals surface area contributed by atoms with Gasteiger partial charge >= 0.3 is 0 Å². The lowest BCUT2D eigenvalue weighted by Crippen LogP contribution is -2.40. The van der Waals surface area contributed by atoms with Crippen LogP contribution in [-0.2, 0) is 9.53 Å². The highest BCUT2D eigenvalue weighted by atomic mass is 16.5. The Balaban J connectivity index is 1.29. The number of carbonyl (C=O) groups is 1. The lowest BCUT2D eigenvalue weighted by Gasteiger charge is -2.32. The summed E-state index contributed by atoms with van der Waals surface area (Å²) in [4.78, 5) is 15.1. The van der Waals surface area contributed by atoms with Crippen molar-refractivity contribution in [2.45, 2.75) is 19.3 Å². The highest BCUT2D eigenvalue weighted by Gasteiger charge is 2.27. The number of hydrogen-bond acceptors (Lipinski definition) is 4. The van der Waals surface area contributed by atoms with Crippen LogP contribution in [0.1, 0.15) is 19.3 Å². The maximum absolute atomic E-state index is 12.6. The summed E-state index contributed by atoms with van der Waals surface area (Å²) < 4.78 is 5.46. The molecule has 0 radical (unpaired) electrons. The molecule has 3 heterocycles. The first-order valence-electron chi connectivity index (χ1n) is 9.49. The van der Waals surface area contributed by atoms with Gasteiger partial charge in [0, 0.05) is 36.5 Å². The Labute approximate surface area is 153 Å². The number of benzene rings is 1. The smallest absolute Gasteiger partial charge is 0.227 e. The van der Waals surface area contributed by atoms with Crippen molar-refractivity contribution < 1.29 is 9.53 Å². The molecule has 1 atom stereocenters. The van der Waals surface area contributed by atoms with E-state index >= 15 is 0 Å². The number of aromatic amines is 1. The van der Waals surface area contributed by atoms with Gasteiger partial charge in [0.1, 0.15) is 0 Å². The Kier molecular flexibility index (Phi) is 5.32. The summed E-state index contributed by atoms with van der Waals surface area (Å²) in [5.41, 5.74) is 2.81. The molecule has 0 aliphatic carbocycles. The molecule has 6 nitrogen and oxygen atoms in total. The molecule has 0 bridgehead atoms. The predicted octanol–water partition coefficient (Wildman–Crippen LogP) is 2.76. The molecule has 1 amide bonds. The SMILES string of the molecule is O=C(Nc1cccc(-c2ccn[nH]2)c1)C1CCN(CC2CCOC2)CC1. The summed E-state index contributed by atoms with van der Waals surface area (Å²) in [5.74, 6) is 0.906. The van der Waals surface area contributed by atoms with Crippen molar-refractivity contribution in [3.8, 4) is 11.3 Å². The molecule has 6 heteroatoms. The third-order valence-corrected chi connectivity index (χ3v) is 5.44. The Morgan fingerprint density at radius 3 is 2.88 bits per heavy atom. The van der Waals surface area contributed by atoms with Gasteiger partial charge in [-0.3, -0.25) is 9.89 Å². The van der Waals surface area contributed by atoms with Crippen LogP contribution in [0, 0.1) is 11.8 Å². The zero-order chi connectivity index (χ0) is 17.8. The van der Waals surface area contributed by atoms with E-state index in [9.17, 15) is 4.79 Å². The first-order chi connectivity index (χ1) is 12.8. The summed E-state index contributed by atoms with van der Waals surface area (Å²) in [5, 5.41) is 10.0. The zero-order valence-electron chi connectivity index (χ0n) is 15.0. The molecule has 1 aromatic heterocycles. The lowest BCUT2D eigenvalue weighted by molar-refractivity contribution is -0.121. The molecule has 2 aliphatic heterocycles. The minimum absolute atomic E-state index is 0.0990. The number of ether oxygens (including phenoxy) is 1. The highest BCUT2D eigenvalue weighted by Crippen LogP contribution is 2.24. The fourth-order valence-corrected chi connectivity index (χ4v) is 3.90. The van der Waals surface area contributed by atoms with Crippen molar-refractivity contribution in [2.24, 2.45) is 11.8 Å². The van der Waals surface area contributed by atoms with E-state index in [2.05, 4.69) is 20.4 Å². The van der Waals surface area contributed by atoms with Crippen LogP contribution >= 0.6 is 0 Å². The highest BCUT2D eigenvalue weighted by molar-refractivity contribution is 5.93. The van der Waals surface area contributed by atoms with Gasteiger partial charge in [-0.05, 0) is 56.5 Å². The molecule has 4 rings (SSSR count). The van der Waals surface area contributed by atoms with E-state index in [1.165, 1.54) is 6.42 Å². The summed E-state index contributed by atoms with van der Waals surface area (Å²) in [6, 6.07) is 9.81. The quantitative estimate of drug-likeness (QED) is 0.866. The van der Waals surface area contributed by atoms with E-state index in [1.807, 2.05) is 30.3 Å². The normalized spacial score (nSPS) is 21.8. The molecule has 138 valence electrons. The van der Waals surface area contributed by atoms with E-state index < -0.39 is 0 Å². The maximum Gasteiger partial charge on any atom is 0.227 e. The second kappa shape index (κ2) is 8.01. The summed E-state index contributed by atoms with van der Waals surface area (Å²) in [6.45, 7) is 4.92. The molecule has 2 aromatic rings. The molecule has 2 aliphatic rings. The van der Waals surface area contributed by atoms with E-state index in [-0.39, 0.29) is 11.8 Å². The van der Waals surface area contributed by atoms with Crippen LogP contribution in [0.5, 0.6) is 0 Å². The maximum atomic E-state index is 12.6. The number of H-pyrrole nitrogens is 1. The number of likely N-dealkylation sites (tertiary alicyclic amines) is 1. The van der Waals surface area contributed by atoms with Gasteiger partial charge in [0.2, 0.25) is 5.91 Å². The molecule has 0 spiro atoms. The van der Waals surface area contributed by atoms with Gasteiger partial charge in [-0.2, -0.15) is 5.10 Å². The Morgan fingerprint density at radius 2 is 2.15 bits per heavy atom. The van der Waals surface area contributed by atoms with E-state index in [1.54, 1.807) is 6.20 Å². The number of amides is 1. The molecular formula is C20H26N4O2. The van der Waals surface area contributed by atoms with Gasteiger partial charge in [-0.15, -0.1) is 0 Å². The first kappa shape index (κ1) is 17.2. The van der Waals surface area contributed by atoms with Crippen molar-refractivity contribution >= 4 is 11.6 Å². The number of anilines is 1. The molecule has 1 aromatic carbocycles. The molecule has 2 fully saturated rings. The van der Waals surface area contributed by atoms with Gasteiger partial charge in [0.15, 0.2) is 0 Å². The Morgan fingerprint density at radius 1 is 1.27 bits per heavy atom. The Hall–Kier alpha value is -2.18. The predicted molar refractivity (Wildman–Crippen MR) is 101 cm³/mol. The fourth-order valence-electron chi connectivity index (χ4n) is 3.90. The second-order valence-corrected chi connectivity index (χ2v) is 7.34. The van der Waals surface area contributed by atoms with Crippen LogP contribution in [0.25, 0.3) is 11.3 Å². The summed E-state index contributed by atoms with van der Waals surface area (Å²) in [7, 11) is 0. The van der Waals surface area contributed by atoms with Crippen LogP contribution in [0.3, 0.4) is 0 Å². The Bertz CT molecular complexity index is 717. The standard InChI is InChI=1S/C20H26N4O2/c25-20(16-5-9-24(10-6-16)13-15-7-11-26-14-15)22-18-3-1-2-17(12-18)19-4-8-21-23-19/h1-4,8,12,15-16H,5-7,9-11,13-14H2,(H,21,23)(H,22,25). The minimum atomic E-state index is 0.0990. The summed E-state index contributed by atoms with van der Waals surface area (Å²) in [6.07, 6.45) is 4.76. The van der Waals surface area contributed by atoms with Crippen LogP contribution in [0.4, 0.5) is 5.69 Å². The lowest BCUT2D eigenvalue weighted by atomic mass is 9.94. The van der Waals surface area contributed by atoms with Crippen LogP contribution in [-0.4, -0.2) is 53.9 Å². The molecule has 2 saturated heterocycles. The number of hydrogen-bond donors (Lipinski definition) is 2. The van der Waals surface area contributed by atoms with Crippen molar-refractivity contribution in [1.29, 1.82) is 0 Å². The average molecular weight is 354 g/mol. The van der Waals surface area contributed by atoms with Crippen LogP contribution in [0.15, 0.2) is 36.5 Å². The van der Waals surface area contributed by atoms with E-state index in [0.29, 0.717) is 5.92 Å². The molecule has 1 unspecified atom stereocenters. The van der Waals surface area contributed by atoms with Crippen LogP contribution in [0.2, 0.25) is 0 Å². The third kappa shape index (κ3) is 4.14. The van der Waals surface area contributed by atoms with Crippen molar-refractivity contribution in [3.63, 3.8) is 0 Å². The molecular weight excluding hydrogens is 328 g/mol. The number of piperidine rings is 1. The van der Waals surface area contributed by atoms with Gasteiger partial charge in [-0.1, -0.05) is 12.1 Å². The first-order valence-corrected chi connectivity index (χ1v) is 9.49. The van der Waals surface area contributed by atoms with E-state index in [4.69, 9.17) is 4.74 Å². The fraction of sp³-hybridized carbons (Fsp3) is 0.500. The largest absolute Gasteiger partial charge is 0.381 e. The van der Waals surface area contributed by atoms with Gasteiger partial charge in [-0.25, -0.2) is 0 Å². The number of nitrogens with zero attached hydrogens (tertiary/aromatic N) is 2. The minimum Gasteiger partial charge on any atom is -0.381 e. The topological polar surface area (TPSA) is 70.2 Å². The number of aromatic nitrogens is 2. The van der Waals surface area contributed by atoms with Crippen LogP contribution < -0.4 is 5.32 Å².